The van der Waals surface area contributed by atoms with E-state index in [-0.39, 0.29) is 18.0 Å². The van der Waals surface area contributed by atoms with Gasteiger partial charge in [-0.05, 0) is 38.5 Å². The second-order valence-corrected chi connectivity index (χ2v) is 8.18. The minimum absolute atomic E-state index is 0.0255. The largest absolute Gasteiger partial charge is 0.398 e. The fraction of sp³-hybridized carbons (Fsp3) is 0.538. The lowest BCUT2D eigenvalue weighted by Gasteiger charge is -2.28. The van der Waals surface area contributed by atoms with Gasteiger partial charge in [-0.25, -0.2) is 8.42 Å². The molecule has 0 saturated carbocycles. The summed E-state index contributed by atoms with van der Waals surface area (Å²) >= 11 is 3.26. The Balaban J connectivity index is 3.35. The van der Waals surface area contributed by atoms with Crippen molar-refractivity contribution in [2.24, 2.45) is 0 Å². The topological polar surface area (TPSA) is 83.6 Å². The minimum atomic E-state index is -3.70. The van der Waals surface area contributed by atoms with Crippen molar-refractivity contribution >= 4 is 31.6 Å². The van der Waals surface area contributed by atoms with Crippen LogP contribution in [-0.2, 0) is 10.0 Å². The third-order valence-electron chi connectivity index (χ3n) is 2.90. The average Bonchev–Trinajstić information content (AvgIpc) is 2.29. The van der Waals surface area contributed by atoms with Gasteiger partial charge in [-0.15, -0.1) is 0 Å². The number of halogens is 1. The molecule has 20 heavy (non-hydrogen) atoms. The lowest BCUT2D eigenvalue weighted by atomic mass is 10.1. The summed E-state index contributed by atoms with van der Waals surface area (Å²) in [5, 5.41) is 9.87. The van der Waals surface area contributed by atoms with E-state index < -0.39 is 15.6 Å². The molecule has 0 aliphatic carbocycles. The van der Waals surface area contributed by atoms with Crippen LogP contribution < -0.4 is 5.73 Å². The predicted molar refractivity (Wildman–Crippen MR) is 84.0 cm³/mol. The van der Waals surface area contributed by atoms with Crippen LogP contribution in [0.3, 0.4) is 0 Å². The molecule has 7 heteroatoms. The fourth-order valence-corrected chi connectivity index (χ4v) is 4.39. The Hall–Kier alpha value is -0.630. The molecule has 1 rings (SSSR count). The molecule has 0 saturated heterocycles. The van der Waals surface area contributed by atoms with Crippen LogP contribution in [-0.4, -0.2) is 36.5 Å². The molecule has 0 aromatic heterocycles. The molecule has 1 aromatic rings. The quantitative estimate of drug-likeness (QED) is 0.783. The summed E-state index contributed by atoms with van der Waals surface area (Å²) in [5.41, 5.74) is 5.65. The second kappa shape index (κ2) is 6.01. The lowest BCUT2D eigenvalue weighted by molar-refractivity contribution is 0.0601. The van der Waals surface area contributed by atoms with Gasteiger partial charge in [0.15, 0.2) is 0 Å². The van der Waals surface area contributed by atoms with E-state index >= 15 is 0 Å². The van der Waals surface area contributed by atoms with Crippen LogP contribution in [0.1, 0.15) is 26.3 Å². The number of aliphatic hydroxyl groups is 1. The van der Waals surface area contributed by atoms with E-state index in [0.29, 0.717) is 15.7 Å². The maximum atomic E-state index is 12.7. The van der Waals surface area contributed by atoms with Gasteiger partial charge in [-0.3, -0.25) is 0 Å². The van der Waals surface area contributed by atoms with Crippen LogP contribution in [0.15, 0.2) is 21.5 Å². The highest BCUT2D eigenvalue weighted by Crippen LogP contribution is 2.29. The Morgan fingerprint density at radius 1 is 1.40 bits per heavy atom. The van der Waals surface area contributed by atoms with E-state index in [1.165, 1.54) is 10.4 Å². The van der Waals surface area contributed by atoms with Gasteiger partial charge in [0.2, 0.25) is 10.0 Å². The van der Waals surface area contributed by atoms with Crippen molar-refractivity contribution in [3.8, 4) is 0 Å². The molecular formula is C13H21BrN2O3S. The Kier molecular flexibility index (Phi) is 5.23. The van der Waals surface area contributed by atoms with E-state index in [9.17, 15) is 13.5 Å². The first kappa shape index (κ1) is 17.4. The van der Waals surface area contributed by atoms with Gasteiger partial charge < -0.3 is 10.8 Å². The number of likely N-dealkylation sites (N-methyl/N-ethyl adjacent to an activating group) is 1. The molecule has 5 nitrogen and oxygen atoms in total. The minimum Gasteiger partial charge on any atom is -0.398 e. The highest BCUT2D eigenvalue weighted by atomic mass is 79.9. The van der Waals surface area contributed by atoms with E-state index in [1.54, 1.807) is 33.8 Å². The van der Waals surface area contributed by atoms with Crippen molar-refractivity contribution in [3.63, 3.8) is 0 Å². The Morgan fingerprint density at radius 3 is 2.40 bits per heavy atom. The molecule has 0 aliphatic heterocycles. The summed E-state index contributed by atoms with van der Waals surface area (Å²) in [6, 6.07) is 3.20. The van der Waals surface area contributed by atoms with E-state index in [2.05, 4.69) is 15.9 Å². The molecule has 0 fully saturated rings. The van der Waals surface area contributed by atoms with E-state index in [1.807, 2.05) is 0 Å². The van der Waals surface area contributed by atoms with Crippen molar-refractivity contribution in [2.45, 2.75) is 38.2 Å². The fourth-order valence-electron chi connectivity index (χ4n) is 1.88. The summed E-state index contributed by atoms with van der Waals surface area (Å²) in [5.74, 6) is 0. The third-order valence-corrected chi connectivity index (χ3v) is 5.40. The number of rotatable bonds is 5. The first-order valence-electron chi connectivity index (χ1n) is 6.27. The lowest BCUT2D eigenvalue weighted by Crippen LogP contribution is -2.42. The van der Waals surface area contributed by atoms with Crippen LogP contribution >= 0.6 is 15.9 Å². The van der Waals surface area contributed by atoms with Gasteiger partial charge in [0.05, 0.1) is 10.5 Å². The number of benzene rings is 1. The molecule has 114 valence electrons. The summed E-state index contributed by atoms with van der Waals surface area (Å²) in [6.45, 7) is 6.86. The van der Waals surface area contributed by atoms with Gasteiger partial charge in [0.25, 0.3) is 0 Å². The van der Waals surface area contributed by atoms with Crippen molar-refractivity contribution < 1.29 is 13.5 Å². The molecule has 1 aromatic carbocycles. The maximum Gasteiger partial charge on any atom is 0.243 e. The van der Waals surface area contributed by atoms with Crippen molar-refractivity contribution in [2.75, 3.05) is 18.8 Å². The molecule has 3 N–H and O–H groups in total. The number of anilines is 1. The van der Waals surface area contributed by atoms with Gasteiger partial charge in [-0.2, -0.15) is 4.31 Å². The molecule has 0 heterocycles. The number of nitrogens with zero attached hydrogens (tertiary/aromatic N) is 1. The summed E-state index contributed by atoms with van der Waals surface area (Å²) < 4.78 is 27.3. The van der Waals surface area contributed by atoms with Crippen molar-refractivity contribution in [1.29, 1.82) is 0 Å². The SMILES string of the molecule is CCN(CC(C)(C)O)S(=O)(=O)c1cc(Br)cc(N)c1C. The van der Waals surface area contributed by atoms with Gasteiger partial charge in [0.1, 0.15) is 0 Å². The van der Waals surface area contributed by atoms with Crippen molar-refractivity contribution in [3.05, 3.63) is 22.2 Å². The average molecular weight is 365 g/mol. The van der Waals surface area contributed by atoms with Crippen LogP contribution in [0.4, 0.5) is 5.69 Å². The highest BCUT2D eigenvalue weighted by molar-refractivity contribution is 9.10. The number of nitrogen functional groups attached to an aromatic ring is 1. The summed E-state index contributed by atoms with van der Waals surface area (Å²) in [6.07, 6.45) is 0. The molecule has 0 atom stereocenters. The van der Waals surface area contributed by atoms with E-state index in [0.717, 1.165) is 0 Å². The molecule has 0 radical (unpaired) electrons. The van der Waals surface area contributed by atoms with Crippen LogP contribution in [0, 0.1) is 6.92 Å². The zero-order valence-corrected chi connectivity index (χ0v) is 14.5. The zero-order valence-electron chi connectivity index (χ0n) is 12.1. The Morgan fingerprint density at radius 2 is 1.95 bits per heavy atom. The molecule has 0 spiro atoms. The monoisotopic (exact) mass is 364 g/mol. The maximum absolute atomic E-state index is 12.7. The molecule has 0 amide bonds. The van der Waals surface area contributed by atoms with Crippen molar-refractivity contribution in [1.82, 2.24) is 4.31 Å². The highest BCUT2D eigenvalue weighted by Gasteiger charge is 2.30. The molecule has 0 bridgehead atoms. The van der Waals surface area contributed by atoms with Crippen LogP contribution in [0.2, 0.25) is 0 Å². The molecule has 0 aliphatic rings. The van der Waals surface area contributed by atoms with E-state index in [4.69, 9.17) is 5.73 Å². The van der Waals surface area contributed by atoms with Crippen LogP contribution in [0.25, 0.3) is 0 Å². The summed E-state index contributed by atoms with van der Waals surface area (Å²) in [4.78, 5) is 0.162. The van der Waals surface area contributed by atoms with Crippen LogP contribution in [0.5, 0.6) is 0 Å². The Labute approximate surface area is 129 Å². The summed E-state index contributed by atoms with van der Waals surface area (Å²) in [7, 11) is -3.70. The normalized spacial score (nSPS) is 12.9. The predicted octanol–water partition coefficient (Wildman–Crippen LogP) is 2.12. The first-order valence-corrected chi connectivity index (χ1v) is 8.50. The Bertz CT molecular complexity index is 594. The third kappa shape index (κ3) is 3.94. The smallest absolute Gasteiger partial charge is 0.243 e. The first-order chi connectivity index (χ1) is 8.99. The number of hydrogen-bond donors (Lipinski definition) is 2. The van der Waals surface area contributed by atoms with Gasteiger partial charge in [-0.1, -0.05) is 22.9 Å². The van der Waals surface area contributed by atoms with Gasteiger partial charge in [0, 0.05) is 23.2 Å². The number of sulfonamides is 1. The second-order valence-electron chi connectivity index (χ2n) is 5.36. The number of hydrogen-bond acceptors (Lipinski definition) is 4. The zero-order chi connectivity index (χ0) is 15.7. The standard InChI is InChI=1S/C13H21BrN2O3S/c1-5-16(8-13(3,4)17)20(18,19)12-7-10(14)6-11(15)9(12)2/h6-7,17H,5,8,15H2,1-4H3. The number of nitrogens with two attached hydrogens (primary N) is 1. The molecule has 0 unspecified atom stereocenters. The molecular weight excluding hydrogens is 344 g/mol. The van der Waals surface area contributed by atoms with Gasteiger partial charge >= 0.3 is 0 Å².